The Morgan fingerprint density at radius 1 is 1.20 bits per heavy atom. The Hall–Kier alpha value is -1.78. The zero-order valence-corrected chi connectivity index (χ0v) is 11.8. The number of halogens is 2. The zero-order valence-electron chi connectivity index (χ0n) is 11.0. The SMILES string of the molecule is COc1ccc(CN)cc1OCc1cccc(F)c1Cl. The number of benzene rings is 2. The molecule has 0 unspecified atom stereocenters. The summed E-state index contributed by atoms with van der Waals surface area (Å²) in [5, 5.41) is 0.0708. The standard InChI is InChI=1S/C15H15ClFNO2/c1-19-13-6-5-10(8-18)7-14(13)20-9-11-3-2-4-12(17)15(11)16/h2-7H,8-9,18H2,1H3. The fourth-order valence-electron chi connectivity index (χ4n) is 1.78. The summed E-state index contributed by atoms with van der Waals surface area (Å²) < 4.78 is 24.2. The summed E-state index contributed by atoms with van der Waals surface area (Å²) in [5.41, 5.74) is 7.09. The molecule has 2 aromatic carbocycles. The second-order valence-corrected chi connectivity index (χ2v) is 4.57. The lowest BCUT2D eigenvalue weighted by molar-refractivity contribution is 0.284. The molecule has 0 radical (unpaired) electrons. The van der Waals surface area contributed by atoms with Gasteiger partial charge in [-0.05, 0) is 23.8 Å². The Morgan fingerprint density at radius 3 is 2.70 bits per heavy atom. The van der Waals surface area contributed by atoms with Crippen LogP contribution >= 0.6 is 11.6 Å². The van der Waals surface area contributed by atoms with Crippen LogP contribution in [0.2, 0.25) is 5.02 Å². The van der Waals surface area contributed by atoms with Crippen LogP contribution in [0.15, 0.2) is 36.4 Å². The van der Waals surface area contributed by atoms with Crippen molar-refractivity contribution in [3.63, 3.8) is 0 Å². The van der Waals surface area contributed by atoms with Gasteiger partial charge >= 0.3 is 0 Å². The minimum absolute atomic E-state index is 0.0708. The van der Waals surface area contributed by atoms with Crippen LogP contribution < -0.4 is 15.2 Å². The van der Waals surface area contributed by atoms with Crippen LogP contribution in [0.1, 0.15) is 11.1 Å². The Balaban J connectivity index is 2.19. The van der Waals surface area contributed by atoms with E-state index in [0.717, 1.165) is 5.56 Å². The molecule has 0 spiro atoms. The van der Waals surface area contributed by atoms with Crippen molar-refractivity contribution >= 4 is 11.6 Å². The summed E-state index contributed by atoms with van der Waals surface area (Å²) in [6.07, 6.45) is 0. The minimum Gasteiger partial charge on any atom is -0.493 e. The number of hydrogen-bond donors (Lipinski definition) is 1. The fraction of sp³-hybridized carbons (Fsp3) is 0.200. The topological polar surface area (TPSA) is 44.5 Å². The van der Waals surface area contributed by atoms with Crippen molar-refractivity contribution in [1.82, 2.24) is 0 Å². The van der Waals surface area contributed by atoms with Crippen LogP contribution in [0.25, 0.3) is 0 Å². The predicted molar refractivity (Wildman–Crippen MR) is 76.6 cm³/mol. The van der Waals surface area contributed by atoms with Gasteiger partial charge in [-0.2, -0.15) is 0 Å². The van der Waals surface area contributed by atoms with Crippen molar-refractivity contribution in [2.75, 3.05) is 7.11 Å². The summed E-state index contributed by atoms with van der Waals surface area (Å²) in [6.45, 7) is 0.558. The van der Waals surface area contributed by atoms with E-state index < -0.39 is 5.82 Å². The maximum Gasteiger partial charge on any atom is 0.161 e. The Labute approximate surface area is 122 Å². The molecule has 0 amide bonds. The molecule has 2 rings (SSSR count). The summed E-state index contributed by atoms with van der Waals surface area (Å²) >= 11 is 5.89. The van der Waals surface area contributed by atoms with Gasteiger partial charge in [0.1, 0.15) is 12.4 Å². The van der Waals surface area contributed by atoms with Crippen molar-refractivity contribution in [2.45, 2.75) is 13.2 Å². The highest BCUT2D eigenvalue weighted by Gasteiger charge is 2.09. The molecule has 0 aliphatic rings. The summed E-state index contributed by atoms with van der Waals surface area (Å²) in [7, 11) is 1.56. The number of hydrogen-bond acceptors (Lipinski definition) is 3. The van der Waals surface area contributed by atoms with Crippen molar-refractivity contribution in [3.8, 4) is 11.5 Å². The Kier molecular flexibility index (Phi) is 4.82. The lowest BCUT2D eigenvalue weighted by atomic mass is 10.2. The highest BCUT2D eigenvalue weighted by Crippen LogP contribution is 2.29. The molecule has 5 heteroatoms. The smallest absolute Gasteiger partial charge is 0.161 e. The van der Waals surface area contributed by atoms with Gasteiger partial charge in [-0.15, -0.1) is 0 Å². The van der Waals surface area contributed by atoms with E-state index in [2.05, 4.69) is 0 Å². The first-order valence-corrected chi connectivity index (χ1v) is 6.46. The summed E-state index contributed by atoms with van der Waals surface area (Å²) in [5.74, 6) is 0.681. The first-order chi connectivity index (χ1) is 9.65. The molecule has 0 aromatic heterocycles. The molecule has 0 aliphatic heterocycles. The molecule has 0 saturated carbocycles. The average Bonchev–Trinajstić information content (AvgIpc) is 2.48. The van der Waals surface area contributed by atoms with Gasteiger partial charge in [0, 0.05) is 12.1 Å². The molecule has 2 N–H and O–H groups in total. The van der Waals surface area contributed by atoms with Crippen molar-refractivity contribution in [1.29, 1.82) is 0 Å². The maximum absolute atomic E-state index is 13.3. The summed E-state index contributed by atoms with van der Waals surface area (Å²) in [4.78, 5) is 0. The van der Waals surface area contributed by atoms with Crippen LogP contribution in [-0.4, -0.2) is 7.11 Å². The molecule has 2 aromatic rings. The molecule has 0 bridgehead atoms. The third-order valence-corrected chi connectivity index (χ3v) is 3.30. The first-order valence-electron chi connectivity index (χ1n) is 6.08. The zero-order chi connectivity index (χ0) is 14.5. The van der Waals surface area contributed by atoms with Crippen LogP contribution in [-0.2, 0) is 13.2 Å². The molecule has 0 atom stereocenters. The van der Waals surface area contributed by atoms with Crippen LogP contribution in [0.5, 0.6) is 11.5 Å². The molecule has 20 heavy (non-hydrogen) atoms. The van der Waals surface area contributed by atoms with Gasteiger partial charge in [0.15, 0.2) is 11.5 Å². The quantitative estimate of drug-likeness (QED) is 0.918. The van der Waals surface area contributed by atoms with E-state index in [0.29, 0.717) is 23.6 Å². The van der Waals surface area contributed by atoms with Crippen LogP contribution in [0, 0.1) is 5.82 Å². The predicted octanol–water partition coefficient (Wildman–Crippen LogP) is 3.53. The van der Waals surface area contributed by atoms with E-state index in [4.69, 9.17) is 26.8 Å². The van der Waals surface area contributed by atoms with Gasteiger partial charge in [0.2, 0.25) is 0 Å². The monoisotopic (exact) mass is 295 g/mol. The molecular formula is C15H15ClFNO2. The third-order valence-electron chi connectivity index (χ3n) is 2.88. The van der Waals surface area contributed by atoms with Gasteiger partial charge in [0.25, 0.3) is 0 Å². The second-order valence-electron chi connectivity index (χ2n) is 4.19. The van der Waals surface area contributed by atoms with Gasteiger partial charge in [0.05, 0.1) is 12.1 Å². The highest BCUT2D eigenvalue weighted by molar-refractivity contribution is 6.31. The second kappa shape index (κ2) is 6.59. The van der Waals surface area contributed by atoms with E-state index in [1.165, 1.54) is 6.07 Å². The third kappa shape index (κ3) is 3.21. The van der Waals surface area contributed by atoms with E-state index in [-0.39, 0.29) is 11.6 Å². The van der Waals surface area contributed by atoms with Crippen LogP contribution in [0.4, 0.5) is 4.39 Å². The first kappa shape index (κ1) is 14.6. The van der Waals surface area contributed by atoms with Gasteiger partial charge in [-0.25, -0.2) is 4.39 Å². The normalized spacial score (nSPS) is 10.4. The van der Waals surface area contributed by atoms with Gasteiger partial charge in [-0.1, -0.05) is 29.8 Å². The Morgan fingerprint density at radius 2 is 2.00 bits per heavy atom. The molecular weight excluding hydrogens is 281 g/mol. The van der Waals surface area contributed by atoms with Crippen molar-refractivity contribution in [2.24, 2.45) is 5.73 Å². The van der Waals surface area contributed by atoms with E-state index >= 15 is 0 Å². The highest BCUT2D eigenvalue weighted by atomic mass is 35.5. The maximum atomic E-state index is 13.3. The average molecular weight is 296 g/mol. The van der Waals surface area contributed by atoms with E-state index in [1.807, 2.05) is 6.07 Å². The van der Waals surface area contributed by atoms with Crippen molar-refractivity contribution < 1.29 is 13.9 Å². The molecule has 0 fully saturated rings. The number of rotatable bonds is 5. The number of ether oxygens (including phenoxy) is 2. The lowest BCUT2D eigenvalue weighted by Gasteiger charge is -2.12. The Bertz CT molecular complexity index is 604. The fourth-order valence-corrected chi connectivity index (χ4v) is 1.96. The molecule has 3 nitrogen and oxygen atoms in total. The van der Waals surface area contributed by atoms with Gasteiger partial charge < -0.3 is 15.2 Å². The minimum atomic E-state index is -0.463. The van der Waals surface area contributed by atoms with Crippen LogP contribution in [0.3, 0.4) is 0 Å². The molecule has 0 aliphatic carbocycles. The largest absolute Gasteiger partial charge is 0.493 e. The van der Waals surface area contributed by atoms with Crippen molar-refractivity contribution in [3.05, 3.63) is 58.4 Å². The number of methoxy groups -OCH3 is 1. The molecule has 0 saturated heterocycles. The van der Waals surface area contributed by atoms with E-state index in [1.54, 1.807) is 31.4 Å². The molecule has 0 heterocycles. The van der Waals surface area contributed by atoms with Gasteiger partial charge in [-0.3, -0.25) is 0 Å². The molecule has 106 valence electrons. The number of nitrogens with two attached hydrogens (primary N) is 1. The summed E-state index contributed by atoms with van der Waals surface area (Å²) in [6, 6.07) is 10.1. The lowest BCUT2D eigenvalue weighted by Crippen LogP contribution is -2.02. The van der Waals surface area contributed by atoms with E-state index in [9.17, 15) is 4.39 Å².